The number of rotatable bonds is 2. The van der Waals surface area contributed by atoms with Crippen LogP contribution in [0.5, 0.6) is 0 Å². The number of fused-ring (bicyclic) bond motifs is 2. The lowest BCUT2D eigenvalue weighted by molar-refractivity contribution is -0.134. The molecule has 1 unspecified atom stereocenters. The highest BCUT2D eigenvalue weighted by atomic mass is 79.9. The molecule has 1 aliphatic carbocycles. The predicted molar refractivity (Wildman–Crippen MR) is 128 cm³/mol. The van der Waals surface area contributed by atoms with E-state index < -0.39 is 34.7 Å². The number of imide groups is 1. The Kier molecular flexibility index (Phi) is 5.73. The molecule has 33 heavy (non-hydrogen) atoms. The Bertz CT molecular complexity index is 1160. The largest absolute Gasteiger partial charge is 0.501 e. The summed E-state index contributed by atoms with van der Waals surface area (Å²) in [6.45, 7) is 7.14. The maximum Gasteiger partial charge on any atom is 0.421 e. The molecule has 2 aliphatic rings. The molecule has 6 nitrogen and oxygen atoms in total. The van der Waals surface area contributed by atoms with Gasteiger partial charge in [-0.3, -0.25) is 9.59 Å². The van der Waals surface area contributed by atoms with Crippen molar-refractivity contribution in [3.8, 4) is 0 Å². The van der Waals surface area contributed by atoms with Crippen molar-refractivity contribution in [2.24, 2.45) is 5.92 Å². The van der Waals surface area contributed by atoms with Crippen LogP contribution in [0.2, 0.25) is 0 Å². The molecule has 0 fully saturated rings. The second-order valence-corrected chi connectivity index (χ2v) is 10.3. The Balaban J connectivity index is 1.99. The van der Waals surface area contributed by atoms with Gasteiger partial charge in [0.15, 0.2) is 5.78 Å². The minimum Gasteiger partial charge on any atom is -0.501 e. The molecule has 1 spiro atoms. The molecule has 2 aromatic rings. The Morgan fingerprint density at radius 1 is 1.06 bits per heavy atom. The van der Waals surface area contributed by atoms with E-state index in [-0.39, 0.29) is 5.92 Å². The molecule has 1 heterocycles. The predicted octanol–water partition coefficient (Wildman–Crippen LogP) is 5.50. The van der Waals surface area contributed by atoms with Crippen LogP contribution in [0.15, 0.2) is 64.8 Å². The van der Waals surface area contributed by atoms with Crippen molar-refractivity contribution in [2.45, 2.75) is 44.6 Å². The average Bonchev–Trinajstić information content (AvgIpc) is 3.00. The molecular weight excluding hydrogens is 486 g/mol. The highest BCUT2D eigenvalue weighted by molar-refractivity contribution is 9.10. The van der Waals surface area contributed by atoms with Gasteiger partial charge in [-0.2, -0.15) is 0 Å². The molecule has 0 bridgehead atoms. The smallest absolute Gasteiger partial charge is 0.421 e. The lowest BCUT2D eigenvalue weighted by Crippen LogP contribution is -2.55. The first-order valence-electron chi connectivity index (χ1n) is 10.7. The molecule has 0 radical (unpaired) electrons. The van der Waals surface area contributed by atoms with Crippen LogP contribution in [0, 0.1) is 5.92 Å². The molecule has 172 valence electrons. The number of ether oxygens (including phenoxy) is 2. The SMILES string of the molecule is COC1=CC(=O)C2(C(=O)N(C(=O)OC(C)(C)C)c3ccccc32)[C@H](c2ccc(Br)cc2)[C@H]1C. The molecule has 2 aromatic carbocycles. The number of benzene rings is 2. The quantitative estimate of drug-likeness (QED) is 0.497. The van der Waals surface area contributed by atoms with E-state index in [0.717, 1.165) is 14.9 Å². The van der Waals surface area contributed by atoms with E-state index in [9.17, 15) is 14.4 Å². The second-order valence-electron chi connectivity index (χ2n) is 9.38. The third kappa shape index (κ3) is 3.59. The van der Waals surface area contributed by atoms with Crippen LogP contribution in [0.3, 0.4) is 0 Å². The van der Waals surface area contributed by atoms with Gasteiger partial charge in [0.1, 0.15) is 16.8 Å². The summed E-state index contributed by atoms with van der Waals surface area (Å²) < 4.78 is 12.0. The molecular formula is C26H26BrNO5. The van der Waals surface area contributed by atoms with Crippen molar-refractivity contribution in [2.75, 3.05) is 12.0 Å². The first-order valence-corrected chi connectivity index (χ1v) is 11.5. The molecule has 4 rings (SSSR count). The van der Waals surface area contributed by atoms with Gasteiger partial charge in [-0.05, 0) is 44.5 Å². The zero-order valence-electron chi connectivity index (χ0n) is 19.2. The summed E-state index contributed by atoms with van der Waals surface area (Å²) in [6.07, 6.45) is 0.598. The highest BCUT2D eigenvalue weighted by Crippen LogP contribution is 2.56. The van der Waals surface area contributed by atoms with E-state index in [4.69, 9.17) is 9.47 Å². The Morgan fingerprint density at radius 3 is 2.30 bits per heavy atom. The van der Waals surface area contributed by atoms with Gasteiger partial charge in [-0.25, -0.2) is 9.69 Å². The number of halogens is 1. The van der Waals surface area contributed by atoms with E-state index in [1.807, 2.05) is 31.2 Å². The maximum absolute atomic E-state index is 14.2. The average molecular weight is 512 g/mol. The number of ketones is 1. The zero-order chi connectivity index (χ0) is 24.1. The van der Waals surface area contributed by atoms with Crippen LogP contribution in [0.1, 0.15) is 44.7 Å². The molecule has 0 saturated carbocycles. The van der Waals surface area contributed by atoms with Crippen molar-refractivity contribution < 1.29 is 23.9 Å². The van der Waals surface area contributed by atoms with Gasteiger partial charge in [0.05, 0.1) is 12.8 Å². The molecule has 2 amide bonds. The van der Waals surface area contributed by atoms with Crippen LogP contribution >= 0.6 is 15.9 Å². The van der Waals surface area contributed by atoms with Crippen molar-refractivity contribution in [3.63, 3.8) is 0 Å². The Hall–Kier alpha value is -2.93. The number of allylic oxidation sites excluding steroid dienone is 2. The zero-order valence-corrected chi connectivity index (χ0v) is 20.8. The fraction of sp³-hybridized carbons (Fsp3) is 0.346. The molecule has 0 saturated heterocycles. The van der Waals surface area contributed by atoms with Crippen LogP contribution < -0.4 is 4.90 Å². The van der Waals surface area contributed by atoms with E-state index >= 15 is 0 Å². The van der Waals surface area contributed by atoms with Crippen LogP contribution in [-0.2, 0) is 24.5 Å². The van der Waals surface area contributed by atoms with Gasteiger partial charge in [0.2, 0.25) is 0 Å². The summed E-state index contributed by atoms with van der Waals surface area (Å²) in [4.78, 5) is 42.2. The lowest BCUT2D eigenvalue weighted by Gasteiger charge is -2.42. The minimum atomic E-state index is -1.61. The summed E-state index contributed by atoms with van der Waals surface area (Å²) in [5.41, 5.74) is -0.746. The lowest BCUT2D eigenvalue weighted by atomic mass is 9.58. The summed E-state index contributed by atoms with van der Waals surface area (Å²) >= 11 is 3.45. The summed E-state index contributed by atoms with van der Waals surface area (Å²) in [6, 6.07) is 14.5. The monoisotopic (exact) mass is 511 g/mol. The third-order valence-electron chi connectivity index (χ3n) is 6.23. The minimum absolute atomic E-state index is 0.301. The topological polar surface area (TPSA) is 72.9 Å². The van der Waals surface area contributed by atoms with Crippen molar-refractivity contribution >= 4 is 39.4 Å². The summed E-state index contributed by atoms with van der Waals surface area (Å²) in [5, 5.41) is 0. The molecule has 0 aromatic heterocycles. The van der Waals surface area contributed by atoms with Crippen molar-refractivity contribution in [1.82, 2.24) is 0 Å². The van der Waals surface area contributed by atoms with Crippen molar-refractivity contribution in [1.29, 1.82) is 0 Å². The first-order chi connectivity index (χ1) is 15.5. The van der Waals surface area contributed by atoms with E-state index in [1.165, 1.54) is 13.2 Å². The second kappa shape index (κ2) is 8.13. The highest BCUT2D eigenvalue weighted by Gasteiger charge is 2.65. The number of carbonyl (C=O) groups is 3. The number of para-hydroxylation sites is 1. The van der Waals surface area contributed by atoms with E-state index in [0.29, 0.717) is 17.0 Å². The molecule has 0 N–H and O–H groups in total. The fourth-order valence-electron chi connectivity index (χ4n) is 4.95. The van der Waals surface area contributed by atoms with E-state index in [2.05, 4.69) is 15.9 Å². The molecule has 1 aliphatic heterocycles. The number of hydrogen-bond acceptors (Lipinski definition) is 5. The van der Waals surface area contributed by atoms with Gasteiger partial charge in [0.25, 0.3) is 5.91 Å². The normalized spacial score (nSPS) is 24.5. The summed E-state index contributed by atoms with van der Waals surface area (Å²) in [7, 11) is 1.52. The third-order valence-corrected chi connectivity index (χ3v) is 6.76. The first kappa shape index (κ1) is 23.2. The summed E-state index contributed by atoms with van der Waals surface area (Å²) in [5.74, 6) is -1.40. The standard InChI is InChI=1S/C26H26BrNO5/c1-15-20(32-5)14-21(29)26(22(15)16-10-12-17(27)13-11-16)18-8-6-7-9-19(18)28(23(26)30)24(31)33-25(2,3)4/h6-15,22H,1-5H3/t15-,22-,26?/m0/s1. The van der Waals surface area contributed by atoms with Gasteiger partial charge >= 0.3 is 6.09 Å². The molecule has 3 atom stereocenters. The van der Waals surface area contributed by atoms with Gasteiger partial charge in [-0.15, -0.1) is 0 Å². The number of nitrogens with zero attached hydrogens (tertiary/aromatic N) is 1. The maximum atomic E-state index is 14.2. The number of hydrogen-bond donors (Lipinski definition) is 0. The van der Waals surface area contributed by atoms with Crippen LogP contribution in [0.4, 0.5) is 10.5 Å². The van der Waals surface area contributed by atoms with Gasteiger partial charge in [-0.1, -0.05) is 53.2 Å². The Morgan fingerprint density at radius 2 is 1.70 bits per heavy atom. The van der Waals surface area contributed by atoms with Gasteiger partial charge in [0, 0.05) is 27.9 Å². The number of carbonyl (C=O) groups excluding carboxylic acids is 3. The number of amides is 2. The van der Waals surface area contributed by atoms with Crippen LogP contribution in [-0.4, -0.2) is 30.5 Å². The number of anilines is 1. The fourth-order valence-corrected chi connectivity index (χ4v) is 5.22. The van der Waals surface area contributed by atoms with Gasteiger partial charge < -0.3 is 9.47 Å². The van der Waals surface area contributed by atoms with E-state index in [1.54, 1.807) is 45.0 Å². The van der Waals surface area contributed by atoms with Crippen molar-refractivity contribution in [3.05, 3.63) is 76.0 Å². The Labute approximate surface area is 201 Å². The van der Waals surface area contributed by atoms with Crippen LogP contribution in [0.25, 0.3) is 0 Å². The molecule has 7 heteroatoms. The number of methoxy groups -OCH3 is 1.